The second-order valence-corrected chi connectivity index (χ2v) is 3.92. The first-order valence-electron chi connectivity index (χ1n) is 4.59. The van der Waals surface area contributed by atoms with Crippen molar-refractivity contribution in [3.8, 4) is 22.0 Å². The van der Waals surface area contributed by atoms with Crippen molar-refractivity contribution in [2.75, 3.05) is 0 Å². The van der Waals surface area contributed by atoms with Gasteiger partial charge in [-0.15, -0.1) is 10.2 Å². The Labute approximate surface area is 113 Å². The Morgan fingerprint density at radius 1 is 1.12 bits per heavy atom. The summed E-state index contributed by atoms with van der Waals surface area (Å²) >= 11 is 1.49. The summed E-state index contributed by atoms with van der Waals surface area (Å²) < 4.78 is 0. The fourth-order valence-electron chi connectivity index (χ4n) is 1.37. The average molecular weight is 235 g/mol. The zero-order valence-corrected chi connectivity index (χ0v) is 9.90. The Hall–Kier alpha value is -1.48. The number of H-pyrrole nitrogens is 1. The summed E-state index contributed by atoms with van der Waals surface area (Å²) in [6.45, 7) is 0. The van der Waals surface area contributed by atoms with E-state index in [1.165, 1.54) is 11.3 Å². The first kappa shape index (κ1) is 12.0. The van der Waals surface area contributed by atoms with Crippen LogP contribution in [0.25, 0.3) is 22.0 Å². The molecule has 2 heterocycles. The molecule has 0 aliphatic carbocycles. The molecule has 2 aromatic heterocycles. The third-order valence-corrected chi connectivity index (χ3v) is 2.88. The number of aromatic amines is 1. The van der Waals surface area contributed by atoms with Gasteiger partial charge in [-0.2, -0.15) is 10.6 Å². The molecule has 0 saturated heterocycles. The smallest absolute Gasteiger partial charge is 0.359 e. The van der Waals surface area contributed by atoms with Gasteiger partial charge in [0.1, 0.15) is 0 Å². The topological polar surface area (TPSA) is 67.3 Å². The largest absolute Gasteiger partial charge is 1.00 e. The quantitative estimate of drug-likeness (QED) is 0.447. The maximum atomic E-state index is 4.19. The van der Waals surface area contributed by atoms with Gasteiger partial charge in [-0.05, 0) is 10.2 Å². The van der Waals surface area contributed by atoms with E-state index in [-0.39, 0.29) is 18.9 Å². The second-order valence-electron chi connectivity index (χ2n) is 3.10. The molecule has 0 unspecified atom stereocenters. The van der Waals surface area contributed by atoms with Crippen molar-refractivity contribution in [2.45, 2.75) is 0 Å². The zero-order chi connectivity index (χ0) is 10.8. The Bertz CT molecular complexity index is 508. The molecule has 3 rings (SSSR count). The van der Waals surface area contributed by atoms with Gasteiger partial charge >= 0.3 is 18.9 Å². The summed E-state index contributed by atoms with van der Waals surface area (Å²) in [5.41, 5.74) is 2.00. The van der Waals surface area contributed by atoms with Gasteiger partial charge < -0.3 is 16.3 Å². The van der Waals surface area contributed by atoms with Crippen LogP contribution in [0.3, 0.4) is 0 Å². The molecule has 0 fully saturated rings. The predicted molar refractivity (Wildman–Crippen MR) is 59.6 cm³/mol. The molecule has 0 aliphatic heterocycles. The van der Waals surface area contributed by atoms with Gasteiger partial charge in [0.2, 0.25) is 5.82 Å². The maximum Gasteiger partial charge on any atom is 1.00 e. The molecule has 0 radical (unpaired) electrons. The number of nitrogens with one attached hydrogen (secondary N) is 1. The molecule has 78 valence electrons. The summed E-state index contributed by atoms with van der Waals surface area (Å²) in [7, 11) is 0. The maximum absolute atomic E-state index is 4.19. The van der Waals surface area contributed by atoms with E-state index in [0.29, 0.717) is 5.82 Å². The molecular weight excluding hydrogens is 229 g/mol. The third kappa shape index (κ3) is 2.44. The van der Waals surface area contributed by atoms with Crippen LogP contribution >= 0.6 is 11.3 Å². The summed E-state index contributed by atoms with van der Waals surface area (Å²) in [4.78, 5) is 4.19. The van der Waals surface area contributed by atoms with Gasteiger partial charge in [0.25, 0.3) is 0 Å². The van der Waals surface area contributed by atoms with Crippen molar-refractivity contribution in [1.29, 1.82) is 0 Å². The molecular formula is C10H6LiN5S. The van der Waals surface area contributed by atoms with Gasteiger partial charge in [0.15, 0.2) is 0 Å². The van der Waals surface area contributed by atoms with Crippen molar-refractivity contribution in [1.82, 2.24) is 25.6 Å². The van der Waals surface area contributed by atoms with Crippen LogP contribution in [0, 0.1) is 5.38 Å². The SMILES string of the molecule is [Li+].[c-]1cnc(-c2ccc(-c3nn[nH]n3)cc2)s1. The van der Waals surface area contributed by atoms with Crippen LogP contribution in [-0.4, -0.2) is 25.6 Å². The molecule has 5 nitrogen and oxygen atoms in total. The van der Waals surface area contributed by atoms with Crippen molar-refractivity contribution in [3.05, 3.63) is 35.8 Å². The van der Waals surface area contributed by atoms with Crippen LogP contribution in [0.1, 0.15) is 0 Å². The molecule has 17 heavy (non-hydrogen) atoms. The Morgan fingerprint density at radius 2 is 1.88 bits per heavy atom. The van der Waals surface area contributed by atoms with Crippen LogP contribution in [0.5, 0.6) is 0 Å². The normalized spacial score (nSPS) is 9.88. The van der Waals surface area contributed by atoms with E-state index in [4.69, 9.17) is 0 Å². The molecule has 1 aromatic carbocycles. The fourth-order valence-corrected chi connectivity index (χ4v) is 1.95. The molecule has 0 spiro atoms. The van der Waals surface area contributed by atoms with Gasteiger partial charge in [-0.1, -0.05) is 36.0 Å². The standard InChI is InChI=1S/C10H6N5S.Li/c1-3-8(10-11-5-6-16-10)4-2-7(1)9-12-14-15-13-9;/h1-5H,(H,12,13,14,15);/q-1;+1. The summed E-state index contributed by atoms with van der Waals surface area (Å²) in [5, 5.41) is 17.7. The van der Waals surface area contributed by atoms with Gasteiger partial charge in [-0.25, -0.2) is 0 Å². The minimum Gasteiger partial charge on any atom is -0.359 e. The van der Waals surface area contributed by atoms with Gasteiger partial charge in [0.05, 0.1) is 0 Å². The van der Waals surface area contributed by atoms with Crippen LogP contribution in [0.2, 0.25) is 0 Å². The van der Waals surface area contributed by atoms with E-state index in [1.54, 1.807) is 6.20 Å². The van der Waals surface area contributed by atoms with Crippen molar-refractivity contribution >= 4 is 11.3 Å². The van der Waals surface area contributed by atoms with Gasteiger partial charge in [-0.3, -0.25) is 0 Å². The van der Waals surface area contributed by atoms with Crippen LogP contribution in [-0.2, 0) is 0 Å². The number of hydrogen-bond donors (Lipinski definition) is 1. The molecule has 0 aliphatic rings. The first-order valence-corrected chi connectivity index (χ1v) is 5.41. The Kier molecular flexibility index (Phi) is 3.69. The number of aromatic nitrogens is 5. The number of rotatable bonds is 2. The zero-order valence-electron chi connectivity index (χ0n) is 9.08. The molecule has 7 heteroatoms. The minimum atomic E-state index is 0. The minimum absolute atomic E-state index is 0. The van der Waals surface area contributed by atoms with E-state index >= 15 is 0 Å². The van der Waals surface area contributed by atoms with Crippen LogP contribution in [0.4, 0.5) is 0 Å². The van der Waals surface area contributed by atoms with Gasteiger partial charge in [0, 0.05) is 5.56 Å². The molecule has 3 aromatic rings. The van der Waals surface area contributed by atoms with Crippen LogP contribution in [0.15, 0.2) is 30.5 Å². The summed E-state index contributed by atoms with van der Waals surface area (Å²) in [6, 6.07) is 7.86. The molecule has 0 atom stereocenters. The number of benzene rings is 1. The molecule has 0 amide bonds. The number of nitrogens with zero attached hydrogens (tertiary/aromatic N) is 4. The number of tetrazole rings is 1. The van der Waals surface area contributed by atoms with Crippen molar-refractivity contribution < 1.29 is 18.9 Å². The Morgan fingerprint density at radius 3 is 2.47 bits per heavy atom. The van der Waals surface area contributed by atoms with Crippen molar-refractivity contribution in [3.63, 3.8) is 0 Å². The number of thiazole rings is 1. The summed E-state index contributed by atoms with van der Waals surface area (Å²) in [6.07, 6.45) is 1.67. The molecule has 1 N–H and O–H groups in total. The van der Waals surface area contributed by atoms with Crippen molar-refractivity contribution in [2.24, 2.45) is 0 Å². The average Bonchev–Trinajstić information content (AvgIpc) is 3.03. The van der Waals surface area contributed by atoms with E-state index < -0.39 is 0 Å². The monoisotopic (exact) mass is 235 g/mol. The number of hydrogen-bond acceptors (Lipinski definition) is 5. The van der Waals surface area contributed by atoms with E-state index in [1.807, 2.05) is 24.3 Å². The van der Waals surface area contributed by atoms with Crippen LogP contribution < -0.4 is 18.9 Å². The first-order chi connectivity index (χ1) is 7.93. The second kappa shape index (κ2) is 5.23. The fraction of sp³-hybridized carbons (Fsp3) is 0. The summed E-state index contributed by atoms with van der Waals surface area (Å²) in [5.74, 6) is 0.595. The van der Waals surface area contributed by atoms with E-state index in [9.17, 15) is 0 Å². The van der Waals surface area contributed by atoms with E-state index in [2.05, 4.69) is 31.0 Å². The molecule has 0 saturated carbocycles. The van der Waals surface area contributed by atoms with E-state index in [0.717, 1.165) is 16.1 Å². The Balaban J connectivity index is 0.00000108. The predicted octanol–water partition coefficient (Wildman–Crippen LogP) is -1.21. The molecule has 0 bridgehead atoms. The third-order valence-electron chi connectivity index (χ3n) is 2.13.